The second-order valence-corrected chi connectivity index (χ2v) is 8.32. The van der Waals surface area contributed by atoms with E-state index in [4.69, 9.17) is 9.47 Å². The maximum absolute atomic E-state index is 13.2. The summed E-state index contributed by atoms with van der Waals surface area (Å²) >= 11 is 0. The van der Waals surface area contributed by atoms with Crippen molar-refractivity contribution in [3.8, 4) is 11.5 Å². The van der Waals surface area contributed by atoms with Crippen LogP contribution in [0.4, 0.5) is 5.69 Å². The minimum absolute atomic E-state index is 0.0159. The Morgan fingerprint density at radius 3 is 2.00 bits per heavy atom. The first-order chi connectivity index (χ1) is 15.7. The normalized spacial score (nSPS) is 17.7. The van der Waals surface area contributed by atoms with Crippen molar-refractivity contribution in [2.24, 2.45) is 5.92 Å². The van der Waals surface area contributed by atoms with Gasteiger partial charge in [-0.1, -0.05) is 55.3 Å². The van der Waals surface area contributed by atoms with Crippen LogP contribution in [-0.2, 0) is 11.2 Å². The molecule has 1 aliphatic heterocycles. The van der Waals surface area contributed by atoms with E-state index >= 15 is 0 Å². The van der Waals surface area contributed by atoms with E-state index in [2.05, 4.69) is 42.5 Å². The summed E-state index contributed by atoms with van der Waals surface area (Å²) in [7, 11) is 3.32. The summed E-state index contributed by atoms with van der Waals surface area (Å²) in [6.45, 7) is 0. The molecule has 4 heteroatoms. The van der Waals surface area contributed by atoms with Crippen LogP contribution in [0.2, 0.25) is 0 Å². The van der Waals surface area contributed by atoms with Crippen LogP contribution in [0.5, 0.6) is 11.5 Å². The lowest BCUT2D eigenvalue weighted by atomic mass is 9.78. The van der Waals surface area contributed by atoms with Gasteiger partial charge in [-0.2, -0.15) is 0 Å². The molecule has 1 fully saturated rings. The molecule has 1 heterocycles. The van der Waals surface area contributed by atoms with Crippen LogP contribution in [0.25, 0.3) is 0 Å². The van der Waals surface area contributed by atoms with Gasteiger partial charge in [0.15, 0.2) is 0 Å². The molecule has 2 atom stereocenters. The Kier molecular flexibility index (Phi) is 7.10. The summed E-state index contributed by atoms with van der Waals surface area (Å²) in [5, 5.41) is 0. The summed E-state index contributed by atoms with van der Waals surface area (Å²) in [6, 6.07) is 26.5. The lowest BCUT2D eigenvalue weighted by Gasteiger charge is -2.47. The Balaban J connectivity index is 1.43. The molecule has 0 radical (unpaired) electrons. The molecule has 0 saturated carbocycles. The maximum atomic E-state index is 13.2. The topological polar surface area (TPSA) is 38.8 Å². The third-order valence-electron chi connectivity index (χ3n) is 6.35. The minimum atomic E-state index is 0.0159. The number of nitrogens with zero attached hydrogens (tertiary/aromatic N) is 1. The van der Waals surface area contributed by atoms with Crippen LogP contribution in [0, 0.1) is 5.92 Å². The van der Waals surface area contributed by atoms with Gasteiger partial charge in [0.05, 0.1) is 26.2 Å². The van der Waals surface area contributed by atoms with Gasteiger partial charge in [0.1, 0.15) is 11.5 Å². The van der Waals surface area contributed by atoms with Crippen LogP contribution >= 0.6 is 0 Å². The SMILES string of the molecule is COc1ccc([C@@H]2[C@H](CCCCCc3ccccc3)C(=O)N2c2ccc(OC)cc2)cc1. The van der Waals surface area contributed by atoms with Crippen LogP contribution in [-0.4, -0.2) is 20.1 Å². The molecule has 4 rings (SSSR count). The Morgan fingerprint density at radius 2 is 1.38 bits per heavy atom. The number of hydrogen-bond donors (Lipinski definition) is 0. The molecule has 0 aromatic heterocycles. The average Bonchev–Trinajstić information content (AvgIpc) is 2.85. The van der Waals surface area contributed by atoms with Gasteiger partial charge in [-0.05, 0) is 66.8 Å². The van der Waals surface area contributed by atoms with Crippen molar-refractivity contribution in [3.05, 3.63) is 90.0 Å². The lowest BCUT2D eigenvalue weighted by molar-refractivity contribution is -0.130. The van der Waals surface area contributed by atoms with Gasteiger partial charge in [0.25, 0.3) is 0 Å². The summed E-state index contributed by atoms with van der Waals surface area (Å²) in [5.41, 5.74) is 3.45. The first-order valence-corrected chi connectivity index (χ1v) is 11.4. The van der Waals surface area contributed by atoms with Gasteiger partial charge in [-0.15, -0.1) is 0 Å². The smallest absolute Gasteiger partial charge is 0.233 e. The molecule has 0 N–H and O–H groups in total. The molecule has 0 bridgehead atoms. The molecule has 1 amide bonds. The minimum Gasteiger partial charge on any atom is -0.497 e. The fourth-order valence-corrected chi connectivity index (χ4v) is 4.56. The monoisotopic (exact) mass is 429 g/mol. The second-order valence-electron chi connectivity index (χ2n) is 8.32. The van der Waals surface area contributed by atoms with E-state index in [0.29, 0.717) is 0 Å². The van der Waals surface area contributed by atoms with Crippen molar-refractivity contribution in [2.75, 3.05) is 19.1 Å². The van der Waals surface area contributed by atoms with E-state index < -0.39 is 0 Å². The summed E-state index contributed by atoms with van der Waals surface area (Å²) in [5.74, 6) is 1.84. The van der Waals surface area contributed by atoms with E-state index in [1.165, 1.54) is 5.56 Å². The molecule has 3 aromatic rings. The van der Waals surface area contributed by atoms with Gasteiger partial charge in [0, 0.05) is 5.69 Å². The van der Waals surface area contributed by atoms with E-state index in [1.54, 1.807) is 14.2 Å². The van der Waals surface area contributed by atoms with Gasteiger partial charge < -0.3 is 14.4 Å². The molecule has 166 valence electrons. The lowest BCUT2D eigenvalue weighted by Crippen LogP contribution is -2.55. The van der Waals surface area contributed by atoms with Crippen molar-refractivity contribution < 1.29 is 14.3 Å². The van der Waals surface area contributed by atoms with Crippen LogP contribution < -0.4 is 14.4 Å². The molecular weight excluding hydrogens is 398 g/mol. The molecule has 0 spiro atoms. The number of carbonyl (C=O) groups excluding carboxylic acids is 1. The van der Waals surface area contributed by atoms with Crippen LogP contribution in [0.1, 0.15) is 42.9 Å². The van der Waals surface area contributed by atoms with Crippen molar-refractivity contribution in [3.63, 3.8) is 0 Å². The standard InChI is InChI=1S/C28H31NO3/c1-31-24-17-13-22(14-18-24)27-26(12-8-4-7-11-21-9-5-3-6-10-21)28(30)29(27)23-15-19-25(32-2)20-16-23/h3,5-6,9-10,13-20,26-27H,4,7-8,11-12H2,1-2H3/t26-,27+/m0/s1. The van der Waals surface area contributed by atoms with Crippen molar-refractivity contribution >= 4 is 11.6 Å². The first-order valence-electron chi connectivity index (χ1n) is 11.4. The zero-order chi connectivity index (χ0) is 22.3. The third kappa shape index (κ3) is 4.80. The van der Waals surface area contributed by atoms with Crippen LogP contribution in [0.3, 0.4) is 0 Å². The number of ether oxygens (including phenoxy) is 2. The van der Waals surface area contributed by atoms with Gasteiger partial charge in [0.2, 0.25) is 5.91 Å². The number of hydrogen-bond acceptors (Lipinski definition) is 3. The highest BCUT2D eigenvalue weighted by molar-refractivity contribution is 6.03. The van der Waals surface area contributed by atoms with Gasteiger partial charge in [-0.3, -0.25) is 4.79 Å². The Morgan fingerprint density at radius 1 is 0.750 bits per heavy atom. The zero-order valence-corrected chi connectivity index (χ0v) is 18.9. The van der Waals surface area contributed by atoms with Crippen molar-refractivity contribution in [2.45, 2.75) is 38.1 Å². The maximum Gasteiger partial charge on any atom is 0.233 e. The first kappa shape index (κ1) is 21.9. The Bertz CT molecular complexity index is 999. The summed E-state index contributed by atoms with van der Waals surface area (Å²) < 4.78 is 10.6. The number of methoxy groups -OCH3 is 2. The van der Waals surface area contributed by atoms with Gasteiger partial charge in [-0.25, -0.2) is 0 Å². The molecule has 1 saturated heterocycles. The largest absolute Gasteiger partial charge is 0.497 e. The fourth-order valence-electron chi connectivity index (χ4n) is 4.56. The number of β-lactam (4-membered cyclic amide) rings is 1. The predicted octanol–water partition coefficient (Wildman–Crippen LogP) is 6.21. The number of aryl methyl sites for hydroxylation is 1. The van der Waals surface area contributed by atoms with Gasteiger partial charge >= 0.3 is 0 Å². The molecule has 4 nitrogen and oxygen atoms in total. The summed E-state index contributed by atoms with van der Waals surface area (Å²) in [6.07, 6.45) is 5.36. The number of unbranched alkanes of at least 4 members (excludes halogenated alkanes) is 2. The number of benzene rings is 3. The number of anilines is 1. The summed E-state index contributed by atoms with van der Waals surface area (Å²) in [4.78, 5) is 15.1. The van der Waals surface area contributed by atoms with Crippen LogP contribution in [0.15, 0.2) is 78.9 Å². The average molecular weight is 430 g/mol. The highest BCUT2D eigenvalue weighted by Gasteiger charge is 2.48. The fraction of sp³-hybridized carbons (Fsp3) is 0.321. The zero-order valence-electron chi connectivity index (χ0n) is 18.9. The van der Waals surface area contributed by atoms with Crippen molar-refractivity contribution in [1.29, 1.82) is 0 Å². The van der Waals surface area contributed by atoms with Crippen molar-refractivity contribution in [1.82, 2.24) is 0 Å². The Labute approximate surface area is 190 Å². The van der Waals surface area contributed by atoms with E-state index in [-0.39, 0.29) is 17.9 Å². The number of amides is 1. The number of carbonyl (C=O) groups is 1. The van der Waals surface area contributed by atoms with E-state index in [0.717, 1.165) is 54.9 Å². The van der Waals surface area contributed by atoms with E-state index in [9.17, 15) is 4.79 Å². The highest BCUT2D eigenvalue weighted by Crippen LogP contribution is 2.46. The molecule has 3 aromatic carbocycles. The molecular formula is C28H31NO3. The molecule has 1 aliphatic rings. The number of rotatable bonds is 10. The third-order valence-corrected chi connectivity index (χ3v) is 6.35. The second kappa shape index (κ2) is 10.4. The molecule has 0 aliphatic carbocycles. The highest BCUT2D eigenvalue weighted by atomic mass is 16.5. The molecule has 0 unspecified atom stereocenters. The van der Waals surface area contributed by atoms with E-state index in [1.807, 2.05) is 41.3 Å². The predicted molar refractivity (Wildman–Crippen MR) is 128 cm³/mol. The Hall–Kier alpha value is -3.27. The molecule has 32 heavy (non-hydrogen) atoms. The quantitative estimate of drug-likeness (QED) is 0.284.